The van der Waals surface area contributed by atoms with E-state index in [9.17, 15) is 0 Å². The first-order valence-electron chi connectivity index (χ1n) is 5.49. The van der Waals surface area contributed by atoms with Crippen LogP contribution in [0, 0.1) is 0 Å². The van der Waals surface area contributed by atoms with Crippen LogP contribution in [0.2, 0.25) is 0 Å². The van der Waals surface area contributed by atoms with Gasteiger partial charge in [0, 0.05) is 19.2 Å². The van der Waals surface area contributed by atoms with Crippen LogP contribution in [0.1, 0.15) is 46.5 Å². The van der Waals surface area contributed by atoms with E-state index in [2.05, 4.69) is 26.1 Å². The standard InChI is InChI=1S/C11H25NO/c1-5-7-11(8-6-2)12-10(3)9-13-4/h10-12H,5-9H2,1-4H3. The molecule has 0 rings (SSSR count). The molecule has 13 heavy (non-hydrogen) atoms. The van der Waals surface area contributed by atoms with Gasteiger partial charge in [-0.2, -0.15) is 0 Å². The second-order valence-electron chi connectivity index (χ2n) is 3.80. The summed E-state index contributed by atoms with van der Waals surface area (Å²) in [6.07, 6.45) is 5.08. The fourth-order valence-electron chi connectivity index (χ4n) is 1.71. The lowest BCUT2D eigenvalue weighted by Crippen LogP contribution is -2.38. The quantitative estimate of drug-likeness (QED) is 0.630. The van der Waals surface area contributed by atoms with Gasteiger partial charge in [-0.1, -0.05) is 26.7 Å². The van der Waals surface area contributed by atoms with Crippen LogP contribution in [-0.2, 0) is 4.74 Å². The number of rotatable bonds is 8. The van der Waals surface area contributed by atoms with Gasteiger partial charge < -0.3 is 10.1 Å². The van der Waals surface area contributed by atoms with Crippen molar-refractivity contribution in [3.8, 4) is 0 Å². The van der Waals surface area contributed by atoms with E-state index in [1.54, 1.807) is 7.11 Å². The average Bonchev–Trinajstić information content (AvgIpc) is 2.05. The van der Waals surface area contributed by atoms with Crippen molar-refractivity contribution >= 4 is 0 Å². The molecule has 0 radical (unpaired) electrons. The Morgan fingerprint density at radius 3 is 2.08 bits per heavy atom. The molecule has 0 aliphatic carbocycles. The summed E-state index contributed by atoms with van der Waals surface area (Å²) in [7, 11) is 1.76. The number of nitrogens with one attached hydrogen (secondary N) is 1. The van der Waals surface area contributed by atoms with E-state index in [-0.39, 0.29) is 0 Å². The van der Waals surface area contributed by atoms with Crippen molar-refractivity contribution in [2.45, 2.75) is 58.5 Å². The molecule has 0 saturated heterocycles. The Morgan fingerprint density at radius 2 is 1.69 bits per heavy atom. The van der Waals surface area contributed by atoms with Crippen LogP contribution < -0.4 is 5.32 Å². The van der Waals surface area contributed by atoms with Gasteiger partial charge in [-0.3, -0.25) is 0 Å². The zero-order valence-corrected chi connectivity index (χ0v) is 9.60. The molecule has 0 aromatic heterocycles. The van der Waals surface area contributed by atoms with E-state index in [0.717, 1.165) is 6.61 Å². The Bertz CT molecular complexity index is 100. The van der Waals surface area contributed by atoms with Gasteiger partial charge in [-0.15, -0.1) is 0 Å². The van der Waals surface area contributed by atoms with Crippen molar-refractivity contribution in [2.75, 3.05) is 13.7 Å². The number of hydrogen-bond donors (Lipinski definition) is 1. The summed E-state index contributed by atoms with van der Waals surface area (Å²) in [6, 6.07) is 1.16. The van der Waals surface area contributed by atoms with E-state index in [4.69, 9.17) is 4.74 Å². The first-order chi connectivity index (χ1) is 6.24. The minimum absolute atomic E-state index is 0.480. The smallest absolute Gasteiger partial charge is 0.0613 e. The maximum absolute atomic E-state index is 5.10. The van der Waals surface area contributed by atoms with Crippen molar-refractivity contribution in [1.29, 1.82) is 0 Å². The van der Waals surface area contributed by atoms with Gasteiger partial charge in [-0.05, 0) is 19.8 Å². The van der Waals surface area contributed by atoms with Crippen LogP contribution in [0.4, 0.5) is 0 Å². The molecule has 0 heterocycles. The fourth-order valence-corrected chi connectivity index (χ4v) is 1.71. The SMILES string of the molecule is CCCC(CCC)NC(C)COC. The van der Waals surface area contributed by atoms with Crippen molar-refractivity contribution < 1.29 is 4.74 Å². The fraction of sp³-hybridized carbons (Fsp3) is 1.00. The highest BCUT2D eigenvalue weighted by Gasteiger charge is 2.09. The van der Waals surface area contributed by atoms with Crippen molar-refractivity contribution in [1.82, 2.24) is 5.32 Å². The molecule has 80 valence electrons. The van der Waals surface area contributed by atoms with E-state index in [1.807, 2.05) is 0 Å². The molecule has 0 aromatic rings. The van der Waals surface area contributed by atoms with Gasteiger partial charge in [0.05, 0.1) is 6.61 Å². The molecule has 0 spiro atoms. The summed E-state index contributed by atoms with van der Waals surface area (Å²) in [4.78, 5) is 0. The zero-order valence-electron chi connectivity index (χ0n) is 9.60. The molecule has 0 aromatic carbocycles. The minimum Gasteiger partial charge on any atom is -0.383 e. The average molecular weight is 187 g/mol. The molecule has 0 aliphatic heterocycles. The molecule has 1 atom stereocenters. The maximum atomic E-state index is 5.10. The molecule has 2 heteroatoms. The predicted molar refractivity (Wildman–Crippen MR) is 58.1 cm³/mol. The number of methoxy groups -OCH3 is 1. The molecular formula is C11H25NO. The molecule has 0 bridgehead atoms. The first kappa shape index (κ1) is 12.9. The van der Waals surface area contributed by atoms with E-state index >= 15 is 0 Å². The van der Waals surface area contributed by atoms with Crippen LogP contribution in [-0.4, -0.2) is 25.8 Å². The molecule has 0 fully saturated rings. The van der Waals surface area contributed by atoms with Crippen molar-refractivity contribution in [3.63, 3.8) is 0 Å². The molecule has 1 N–H and O–H groups in total. The summed E-state index contributed by atoms with van der Waals surface area (Å²) in [5.41, 5.74) is 0. The Morgan fingerprint density at radius 1 is 1.15 bits per heavy atom. The second-order valence-corrected chi connectivity index (χ2v) is 3.80. The summed E-state index contributed by atoms with van der Waals surface area (Å²) < 4.78 is 5.10. The largest absolute Gasteiger partial charge is 0.383 e. The third-order valence-electron chi connectivity index (χ3n) is 2.21. The minimum atomic E-state index is 0.480. The van der Waals surface area contributed by atoms with Gasteiger partial charge in [0.1, 0.15) is 0 Å². The van der Waals surface area contributed by atoms with E-state index in [0.29, 0.717) is 12.1 Å². The normalized spacial score (nSPS) is 13.6. The first-order valence-corrected chi connectivity index (χ1v) is 5.49. The van der Waals surface area contributed by atoms with Crippen LogP contribution >= 0.6 is 0 Å². The Labute approximate surface area is 83.1 Å². The zero-order chi connectivity index (χ0) is 10.1. The van der Waals surface area contributed by atoms with E-state index < -0.39 is 0 Å². The summed E-state index contributed by atoms with van der Waals surface area (Å²) in [6.45, 7) is 7.47. The molecule has 0 aliphatic rings. The van der Waals surface area contributed by atoms with Gasteiger partial charge in [0.25, 0.3) is 0 Å². The topological polar surface area (TPSA) is 21.3 Å². The highest BCUT2D eigenvalue weighted by molar-refractivity contribution is 4.70. The molecule has 2 nitrogen and oxygen atoms in total. The Kier molecular flexibility index (Phi) is 8.46. The van der Waals surface area contributed by atoms with E-state index in [1.165, 1.54) is 25.7 Å². The maximum Gasteiger partial charge on any atom is 0.0613 e. The lowest BCUT2D eigenvalue weighted by atomic mass is 10.1. The molecular weight excluding hydrogens is 162 g/mol. The van der Waals surface area contributed by atoms with Crippen LogP contribution in [0.5, 0.6) is 0 Å². The summed E-state index contributed by atoms with van der Waals surface area (Å²) in [5.74, 6) is 0. The van der Waals surface area contributed by atoms with Crippen LogP contribution in [0.3, 0.4) is 0 Å². The van der Waals surface area contributed by atoms with Crippen LogP contribution in [0.15, 0.2) is 0 Å². The van der Waals surface area contributed by atoms with Crippen molar-refractivity contribution in [3.05, 3.63) is 0 Å². The summed E-state index contributed by atoms with van der Waals surface area (Å²) in [5, 5.41) is 3.59. The monoisotopic (exact) mass is 187 g/mol. The van der Waals surface area contributed by atoms with Crippen molar-refractivity contribution in [2.24, 2.45) is 0 Å². The van der Waals surface area contributed by atoms with Gasteiger partial charge in [-0.25, -0.2) is 0 Å². The molecule has 0 amide bonds. The van der Waals surface area contributed by atoms with Crippen LogP contribution in [0.25, 0.3) is 0 Å². The van der Waals surface area contributed by atoms with Gasteiger partial charge in [0.15, 0.2) is 0 Å². The molecule has 1 unspecified atom stereocenters. The highest BCUT2D eigenvalue weighted by atomic mass is 16.5. The lowest BCUT2D eigenvalue weighted by Gasteiger charge is -2.22. The molecule has 0 saturated carbocycles. The Hall–Kier alpha value is -0.0800. The highest BCUT2D eigenvalue weighted by Crippen LogP contribution is 2.05. The third-order valence-corrected chi connectivity index (χ3v) is 2.21. The number of hydrogen-bond acceptors (Lipinski definition) is 2. The van der Waals surface area contributed by atoms with Gasteiger partial charge >= 0.3 is 0 Å². The lowest BCUT2D eigenvalue weighted by molar-refractivity contribution is 0.164. The van der Waals surface area contributed by atoms with Gasteiger partial charge in [0.2, 0.25) is 0 Å². The second kappa shape index (κ2) is 8.52. The Balaban J connectivity index is 3.64. The predicted octanol–water partition coefficient (Wildman–Crippen LogP) is 2.58. The third kappa shape index (κ3) is 7.03. The summed E-state index contributed by atoms with van der Waals surface area (Å²) >= 11 is 0. The number of ether oxygens (including phenoxy) is 1.